The van der Waals surface area contributed by atoms with Gasteiger partial charge in [0.25, 0.3) is 5.91 Å². The van der Waals surface area contributed by atoms with Gasteiger partial charge in [-0.05, 0) is 56.7 Å². The summed E-state index contributed by atoms with van der Waals surface area (Å²) in [6.07, 6.45) is 1.52. The Bertz CT molecular complexity index is 745. The predicted octanol–water partition coefficient (Wildman–Crippen LogP) is 3.73. The van der Waals surface area contributed by atoms with Crippen LogP contribution in [0.3, 0.4) is 0 Å². The number of aromatic hydroxyl groups is 1. The number of nitrogens with one attached hydrogen (secondary N) is 1. The molecule has 2 aromatic rings. The zero-order valence-electron chi connectivity index (χ0n) is 14.5. The molecule has 0 aliphatic heterocycles. The molecule has 5 nitrogen and oxygen atoms in total. The van der Waals surface area contributed by atoms with Crippen LogP contribution in [0, 0.1) is 6.92 Å². The molecule has 1 amide bonds. The van der Waals surface area contributed by atoms with E-state index in [4.69, 9.17) is 4.74 Å². The van der Waals surface area contributed by atoms with Crippen molar-refractivity contribution in [2.24, 2.45) is 5.10 Å². The van der Waals surface area contributed by atoms with E-state index in [0.29, 0.717) is 12.4 Å². The van der Waals surface area contributed by atoms with E-state index in [-0.39, 0.29) is 16.9 Å². The maximum atomic E-state index is 12.1. The quantitative estimate of drug-likeness (QED) is 0.449. The van der Waals surface area contributed by atoms with Gasteiger partial charge in [-0.15, -0.1) is 11.8 Å². The first-order chi connectivity index (χ1) is 12.0. The van der Waals surface area contributed by atoms with Crippen molar-refractivity contribution in [1.82, 2.24) is 5.43 Å². The minimum absolute atomic E-state index is 0.0751. The van der Waals surface area contributed by atoms with Crippen molar-refractivity contribution in [1.29, 1.82) is 0 Å². The first-order valence-corrected chi connectivity index (χ1v) is 8.89. The topological polar surface area (TPSA) is 70.9 Å². The van der Waals surface area contributed by atoms with Crippen LogP contribution in [-0.2, 0) is 4.79 Å². The number of rotatable bonds is 7. The van der Waals surface area contributed by atoms with Gasteiger partial charge < -0.3 is 9.84 Å². The fourth-order valence-electron chi connectivity index (χ4n) is 2.02. The van der Waals surface area contributed by atoms with Gasteiger partial charge in [0.05, 0.1) is 18.1 Å². The highest BCUT2D eigenvalue weighted by molar-refractivity contribution is 8.00. The van der Waals surface area contributed by atoms with E-state index >= 15 is 0 Å². The van der Waals surface area contributed by atoms with Gasteiger partial charge in [0.1, 0.15) is 0 Å². The summed E-state index contributed by atoms with van der Waals surface area (Å²) < 4.78 is 5.32. The Kier molecular flexibility index (Phi) is 6.89. The van der Waals surface area contributed by atoms with Crippen LogP contribution in [0.4, 0.5) is 0 Å². The summed E-state index contributed by atoms with van der Waals surface area (Å²) in [6.45, 7) is 6.16. The number of carbonyl (C=O) groups excluding carboxylic acids is 1. The molecule has 0 saturated heterocycles. The molecule has 0 heterocycles. The second-order valence-electron chi connectivity index (χ2n) is 5.47. The third-order valence-corrected chi connectivity index (χ3v) is 4.49. The highest BCUT2D eigenvalue weighted by Crippen LogP contribution is 2.26. The summed E-state index contributed by atoms with van der Waals surface area (Å²) in [5, 5.41) is 13.4. The lowest BCUT2D eigenvalue weighted by molar-refractivity contribution is -0.120. The molecule has 0 radical (unpaired) electrons. The molecule has 0 bridgehead atoms. The fraction of sp³-hybridized carbons (Fsp3) is 0.263. The highest BCUT2D eigenvalue weighted by atomic mass is 32.2. The Labute approximate surface area is 152 Å². The maximum Gasteiger partial charge on any atom is 0.253 e. The van der Waals surface area contributed by atoms with E-state index in [1.165, 1.54) is 29.6 Å². The van der Waals surface area contributed by atoms with Crippen LogP contribution in [0.2, 0.25) is 0 Å². The minimum Gasteiger partial charge on any atom is -0.504 e. The average Bonchev–Trinajstić information content (AvgIpc) is 2.59. The number of ether oxygens (including phenoxy) is 1. The van der Waals surface area contributed by atoms with Crippen LogP contribution in [0.5, 0.6) is 11.5 Å². The lowest BCUT2D eigenvalue weighted by Gasteiger charge is -2.09. The van der Waals surface area contributed by atoms with Gasteiger partial charge in [-0.3, -0.25) is 4.79 Å². The molecule has 0 unspecified atom stereocenters. The van der Waals surface area contributed by atoms with E-state index in [9.17, 15) is 9.90 Å². The van der Waals surface area contributed by atoms with Crippen molar-refractivity contribution in [2.75, 3.05) is 6.61 Å². The first-order valence-electron chi connectivity index (χ1n) is 8.01. The Morgan fingerprint density at radius 2 is 2.04 bits per heavy atom. The van der Waals surface area contributed by atoms with E-state index in [1.807, 2.05) is 45.0 Å². The number of benzene rings is 2. The number of hydrogen-bond donors (Lipinski definition) is 2. The number of aryl methyl sites for hydroxylation is 1. The van der Waals surface area contributed by atoms with Crippen molar-refractivity contribution >= 4 is 23.9 Å². The van der Waals surface area contributed by atoms with Crippen LogP contribution in [0.15, 0.2) is 52.5 Å². The monoisotopic (exact) mass is 358 g/mol. The van der Waals surface area contributed by atoms with Crippen molar-refractivity contribution in [3.8, 4) is 11.5 Å². The normalized spacial score (nSPS) is 12.1. The molecular weight excluding hydrogens is 336 g/mol. The summed E-state index contributed by atoms with van der Waals surface area (Å²) in [7, 11) is 0. The van der Waals surface area contributed by atoms with Gasteiger partial charge in [0.15, 0.2) is 11.5 Å². The van der Waals surface area contributed by atoms with Gasteiger partial charge in [0, 0.05) is 4.90 Å². The summed E-state index contributed by atoms with van der Waals surface area (Å²) >= 11 is 1.48. The number of phenolic OH excluding ortho intramolecular Hbond substituents is 1. The van der Waals surface area contributed by atoms with E-state index < -0.39 is 0 Å². The smallest absolute Gasteiger partial charge is 0.253 e. The number of phenols is 1. The number of hydrogen-bond acceptors (Lipinski definition) is 5. The van der Waals surface area contributed by atoms with Crippen LogP contribution >= 0.6 is 11.8 Å². The largest absolute Gasteiger partial charge is 0.504 e. The molecule has 2 aromatic carbocycles. The zero-order chi connectivity index (χ0) is 18.2. The van der Waals surface area contributed by atoms with Crippen molar-refractivity contribution in [3.63, 3.8) is 0 Å². The molecule has 0 saturated carbocycles. The van der Waals surface area contributed by atoms with Gasteiger partial charge in [-0.2, -0.15) is 5.10 Å². The molecule has 132 valence electrons. The number of hydrazone groups is 1. The highest BCUT2D eigenvalue weighted by Gasteiger charge is 2.13. The molecule has 0 aliphatic rings. The molecule has 25 heavy (non-hydrogen) atoms. The van der Waals surface area contributed by atoms with Crippen LogP contribution in [0.25, 0.3) is 0 Å². The van der Waals surface area contributed by atoms with Crippen molar-refractivity contribution < 1.29 is 14.6 Å². The molecule has 0 spiro atoms. The zero-order valence-corrected chi connectivity index (χ0v) is 15.3. The lowest BCUT2D eigenvalue weighted by Crippen LogP contribution is -2.26. The molecule has 1 atom stereocenters. The number of thioether (sulfide) groups is 1. The van der Waals surface area contributed by atoms with Gasteiger partial charge in [-0.25, -0.2) is 5.43 Å². The Morgan fingerprint density at radius 3 is 2.72 bits per heavy atom. The standard InChI is InChI=1S/C19H22N2O3S/c1-4-24-18-11-15(7-10-17(18)22)12-20-21-19(23)14(3)25-16-8-5-13(2)6-9-16/h5-12,14,22H,4H2,1-3H3,(H,21,23)/b20-12-/t14-/m1/s1. The Hall–Kier alpha value is -2.47. The van der Waals surface area contributed by atoms with Crippen molar-refractivity contribution in [3.05, 3.63) is 53.6 Å². The number of carbonyl (C=O) groups is 1. The lowest BCUT2D eigenvalue weighted by atomic mass is 10.2. The summed E-state index contributed by atoms with van der Waals surface area (Å²) in [6, 6.07) is 12.9. The first kappa shape index (κ1) is 18.9. The molecule has 2 rings (SSSR count). The van der Waals surface area contributed by atoms with Gasteiger partial charge >= 0.3 is 0 Å². The van der Waals surface area contributed by atoms with Gasteiger partial charge in [-0.1, -0.05) is 17.7 Å². The van der Waals surface area contributed by atoms with Gasteiger partial charge in [0.2, 0.25) is 0 Å². The van der Waals surface area contributed by atoms with E-state index in [0.717, 1.165) is 10.5 Å². The maximum absolute atomic E-state index is 12.1. The van der Waals surface area contributed by atoms with E-state index in [2.05, 4.69) is 10.5 Å². The molecule has 6 heteroatoms. The second-order valence-corrected chi connectivity index (χ2v) is 6.88. The van der Waals surface area contributed by atoms with E-state index in [1.54, 1.807) is 12.1 Å². The molecule has 2 N–H and O–H groups in total. The van der Waals surface area contributed by atoms with Crippen LogP contribution in [-0.4, -0.2) is 29.1 Å². The second kappa shape index (κ2) is 9.13. The fourth-order valence-corrected chi connectivity index (χ4v) is 2.88. The predicted molar refractivity (Wildman–Crippen MR) is 102 cm³/mol. The summed E-state index contributed by atoms with van der Waals surface area (Å²) in [4.78, 5) is 13.2. The summed E-state index contributed by atoms with van der Waals surface area (Å²) in [5.41, 5.74) is 4.44. The molecular formula is C19H22N2O3S. The summed E-state index contributed by atoms with van der Waals surface area (Å²) in [5.74, 6) is 0.290. The minimum atomic E-state index is -0.265. The third kappa shape index (κ3) is 5.83. The van der Waals surface area contributed by atoms with Crippen LogP contribution < -0.4 is 10.2 Å². The SMILES string of the molecule is CCOc1cc(/C=N\NC(=O)[C@@H](C)Sc2ccc(C)cc2)ccc1O. The molecule has 0 aliphatic carbocycles. The molecule has 0 aromatic heterocycles. The third-order valence-electron chi connectivity index (χ3n) is 3.38. The molecule has 0 fully saturated rings. The number of nitrogens with zero attached hydrogens (tertiary/aromatic N) is 1. The van der Waals surface area contributed by atoms with Crippen molar-refractivity contribution in [2.45, 2.75) is 30.9 Å². The number of amides is 1. The Morgan fingerprint density at radius 1 is 1.32 bits per heavy atom. The average molecular weight is 358 g/mol. The van der Waals surface area contributed by atoms with Crippen LogP contribution in [0.1, 0.15) is 25.0 Å². The Balaban J connectivity index is 1.91.